The molecule has 1 nitrogen and oxygen atoms in total. The lowest BCUT2D eigenvalue weighted by Crippen LogP contribution is -2.13. The molecule has 1 aliphatic carbocycles. The van der Waals surface area contributed by atoms with E-state index in [2.05, 4.69) is 24.3 Å². The number of allylic oxidation sites excluding steroid dienone is 1. The molecule has 1 aliphatic rings. The molecule has 0 unspecified atom stereocenters. The summed E-state index contributed by atoms with van der Waals surface area (Å²) in [4.78, 5) is 0. The molecule has 2 aromatic carbocycles. The summed E-state index contributed by atoms with van der Waals surface area (Å²) >= 11 is 0. The fraction of sp³-hybridized carbons (Fsp3) is 0.423. The van der Waals surface area contributed by atoms with Crippen molar-refractivity contribution in [3.8, 4) is 17.2 Å². The molecule has 0 atom stereocenters. The zero-order chi connectivity index (χ0) is 20.5. The third-order valence-corrected chi connectivity index (χ3v) is 6.22. The summed E-state index contributed by atoms with van der Waals surface area (Å²) in [5.41, 5.74) is 3.24. The molecule has 1 fully saturated rings. The lowest BCUT2D eigenvalue weighted by atomic mass is 9.77. The Morgan fingerprint density at radius 3 is 2.31 bits per heavy atom. The summed E-state index contributed by atoms with van der Waals surface area (Å²) in [5.74, 6) is 0.989. The van der Waals surface area contributed by atoms with Crippen LogP contribution in [-0.2, 0) is 0 Å². The van der Waals surface area contributed by atoms with Crippen LogP contribution in [0.2, 0.25) is 0 Å². The fourth-order valence-electron chi connectivity index (χ4n) is 4.45. The molecular weight excluding hydrogens is 364 g/mol. The monoisotopic (exact) mass is 393 g/mol. The average Bonchev–Trinajstić information content (AvgIpc) is 2.77. The first-order valence-corrected chi connectivity index (χ1v) is 10.8. The normalized spacial score (nSPS) is 19.3. The van der Waals surface area contributed by atoms with E-state index in [0.29, 0.717) is 12.2 Å². The highest BCUT2D eigenvalue weighted by molar-refractivity contribution is 5.64. The van der Waals surface area contributed by atoms with Crippen molar-refractivity contribution in [2.75, 3.05) is 0 Å². The zero-order valence-electron chi connectivity index (χ0n) is 16.9. The van der Waals surface area contributed by atoms with Crippen molar-refractivity contribution < 1.29 is 8.78 Å². The molecule has 0 radical (unpaired) electrons. The van der Waals surface area contributed by atoms with Crippen molar-refractivity contribution in [2.24, 2.45) is 5.92 Å². The van der Waals surface area contributed by atoms with Crippen molar-refractivity contribution in [1.82, 2.24) is 0 Å². The molecule has 0 saturated heterocycles. The van der Waals surface area contributed by atoms with Crippen LogP contribution in [0.25, 0.3) is 11.1 Å². The van der Waals surface area contributed by atoms with Gasteiger partial charge in [-0.1, -0.05) is 55.7 Å². The van der Waals surface area contributed by atoms with Gasteiger partial charge in [-0.2, -0.15) is 5.26 Å². The van der Waals surface area contributed by atoms with Crippen LogP contribution in [0.4, 0.5) is 8.78 Å². The van der Waals surface area contributed by atoms with Gasteiger partial charge in [0.05, 0.1) is 11.9 Å². The molecule has 3 heteroatoms. The van der Waals surface area contributed by atoms with E-state index in [9.17, 15) is 8.78 Å². The largest absolute Gasteiger partial charge is 0.216 e. The molecule has 0 spiro atoms. The van der Waals surface area contributed by atoms with Gasteiger partial charge in [0, 0.05) is 0 Å². The molecule has 3 rings (SSSR count). The lowest BCUT2D eigenvalue weighted by molar-refractivity contribution is 0.302. The number of unbranched alkanes of at least 4 members (excludes halogenated alkanes) is 3. The molecule has 0 aromatic heterocycles. The molecule has 152 valence electrons. The van der Waals surface area contributed by atoms with Gasteiger partial charge >= 0.3 is 0 Å². The minimum absolute atomic E-state index is 0.0822. The summed E-state index contributed by atoms with van der Waals surface area (Å²) in [6, 6.07) is 15.1. The van der Waals surface area contributed by atoms with Crippen molar-refractivity contribution in [3.05, 3.63) is 71.8 Å². The van der Waals surface area contributed by atoms with E-state index < -0.39 is 5.82 Å². The van der Waals surface area contributed by atoms with Gasteiger partial charge in [-0.05, 0) is 79.2 Å². The molecule has 1 saturated carbocycles. The quantitative estimate of drug-likeness (QED) is 0.416. The van der Waals surface area contributed by atoms with Crippen LogP contribution >= 0.6 is 0 Å². The number of rotatable bonds is 8. The Kier molecular flexibility index (Phi) is 7.99. The summed E-state index contributed by atoms with van der Waals surface area (Å²) in [7, 11) is 0. The second-order valence-corrected chi connectivity index (χ2v) is 8.15. The van der Waals surface area contributed by atoms with Crippen molar-refractivity contribution in [3.63, 3.8) is 0 Å². The zero-order valence-corrected chi connectivity index (χ0v) is 16.9. The molecule has 0 heterocycles. The molecule has 0 amide bonds. The highest BCUT2D eigenvalue weighted by Gasteiger charge is 2.22. The number of hydrogen-bond donors (Lipinski definition) is 0. The minimum atomic E-state index is -0.466. The highest BCUT2D eigenvalue weighted by Crippen LogP contribution is 2.38. The first kappa shape index (κ1) is 21.2. The van der Waals surface area contributed by atoms with Crippen LogP contribution in [0.15, 0.2) is 54.9 Å². The summed E-state index contributed by atoms with van der Waals surface area (Å²) in [6.45, 7) is 0. The van der Waals surface area contributed by atoms with Gasteiger partial charge in [0.1, 0.15) is 11.9 Å². The SMILES string of the molecule is N#Cc1ccc(-c2ccc([C@H]3CC[C@H](CCCCC/C=C/F)CC3)cc2)cc1F. The number of hydrogen-bond acceptors (Lipinski definition) is 1. The van der Waals surface area contributed by atoms with E-state index >= 15 is 0 Å². The third-order valence-electron chi connectivity index (χ3n) is 6.22. The highest BCUT2D eigenvalue weighted by atomic mass is 19.1. The molecule has 2 aromatic rings. The number of nitrogens with zero attached hydrogens (tertiary/aromatic N) is 1. The first-order chi connectivity index (χ1) is 14.2. The van der Waals surface area contributed by atoms with Gasteiger partial charge in [-0.3, -0.25) is 0 Å². The van der Waals surface area contributed by atoms with Crippen LogP contribution in [0.3, 0.4) is 0 Å². The van der Waals surface area contributed by atoms with E-state index in [0.717, 1.165) is 29.9 Å². The number of benzene rings is 2. The Morgan fingerprint density at radius 1 is 0.931 bits per heavy atom. The van der Waals surface area contributed by atoms with E-state index in [1.54, 1.807) is 12.1 Å². The smallest absolute Gasteiger partial charge is 0.141 e. The Bertz CT molecular complexity index is 840. The maximum absolute atomic E-state index is 13.9. The second kappa shape index (κ2) is 10.9. The Hall–Kier alpha value is -2.47. The molecule has 0 aliphatic heterocycles. The van der Waals surface area contributed by atoms with Crippen molar-refractivity contribution in [2.45, 2.75) is 63.7 Å². The molecule has 29 heavy (non-hydrogen) atoms. The van der Waals surface area contributed by atoms with Crippen LogP contribution in [0, 0.1) is 23.1 Å². The summed E-state index contributed by atoms with van der Waals surface area (Å²) in [5, 5.41) is 8.87. The molecule has 0 bridgehead atoms. The first-order valence-electron chi connectivity index (χ1n) is 10.8. The predicted octanol–water partition coefficient (Wildman–Crippen LogP) is 8.07. The van der Waals surface area contributed by atoms with Crippen LogP contribution in [0.1, 0.15) is 74.8 Å². The van der Waals surface area contributed by atoms with Gasteiger partial charge in [-0.15, -0.1) is 0 Å². The van der Waals surface area contributed by atoms with Gasteiger partial charge in [0.25, 0.3) is 0 Å². The maximum Gasteiger partial charge on any atom is 0.141 e. The summed E-state index contributed by atoms with van der Waals surface area (Å²) < 4.78 is 25.8. The lowest BCUT2D eigenvalue weighted by Gasteiger charge is -2.29. The van der Waals surface area contributed by atoms with Gasteiger partial charge < -0.3 is 0 Å². The number of halogens is 2. The number of nitriles is 1. The Morgan fingerprint density at radius 2 is 1.66 bits per heavy atom. The standard InChI is InChI=1S/C26H29F2N/c27-17-5-3-1-2-4-6-20-7-9-21(10-8-20)22-11-13-23(14-12-22)24-15-16-25(19-29)26(28)18-24/h5,11-18,20-21H,1-4,6-10H2/b17-5+/t20-,21-. The van der Waals surface area contributed by atoms with E-state index in [-0.39, 0.29) is 5.56 Å². The van der Waals surface area contributed by atoms with Crippen LogP contribution in [0.5, 0.6) is 0 Å². The van der Waals surface area contributed by atoms with Crippen molar-refractivity contribution in [1.29, 1.82) is 5.26 Å². The van der Waals surface area contributed by atoms with Gasteiger partial charge in [0.15, 0.2) is 0 Å². The topological polar surface area (TPSA) is 23.8 Å². The third kappa shape index (κ3) is 6.00. The Labute approximate surface area is 173 Å². The van der Waals surface area contributed by atoms with E-state index in [1.807, 2.05) is 6.07 Å². The minimum Gasteiger partial charge on any atom is -0.216 e. The van der Waals surface area contributed by atoms with Gasteiger partial charge in [-0.25, -0.2) is 8.78 Å². The van der Waals surface area contributed by atoms with E-state index in [4.69, 9.17) is 5.26 Å². The second-order valence-electron chi connectivity index (χ2n) is 8.15. The molecule has 0 N–H and O–H groups in total. The van der Waals surface area contributed by atoms with Crippen LogP contribution in [-0.4, -0.2) is 0 Å². The summed E-state index contributed by atoms with van der Waals surface area (Å²) in [6.07, 6.45) is 13.0. The fourth-order valence-corrected chi connectivity index (χ4v) is 4.45. The molecular formula is C26H29F2N. The predicted molar refractivity (Wildman–Crippen MR) is 115 cm³/mol. The van der Waals surface area contributed by atoms with Crippen molar-refractivity contribution >= 4 is 0 Å². The van der Waals surface area contributed by atoms with E-state index in [1.165, 1.54) is 62.6 Å². The van der Waals surface area contributed by atoms with Gasteiger partial charge in [0.2, 0.25) is 0 Å². The maximum atomic E-state index is 13.9. The van der Waals surface area contributed by atoms with Crippen LogP contribution < -0.4 is 0 Å². The average molecular weight is 394 g/mol. The Balaban J connectivity index is 1.48.